The van der Waals surface area contributed by atoms with Gasteiger partial charge in [0, 0.05) is 38.3 Å². The normalized spacial score (nSPS) is 14.7. The molecule has 1 amide bonds. The Morgan fingerprint density at radius 1 is 0.972 bits per heavy atom. The number of hydrogen-bond acceptors (Lipinski definition) is 7. The van der Waals surface area contributed by atoms with Gasteiger partial charge in [-0.1, -0.05) is 30.3 Å². The molecule has 0 aliphatic carbocycles. The lowest BCUT2D eigenvalue weighted by Gasteiger charge is -2.31. The van der Waals surface area contributed by atoms with Crippen molar-refractivity contribution in [3.63, 3.8) is 0 Å². The topological polar surface area (TPSA) is 108 Å². The molecule has 1 aliphatic rings. The highest BCUT2D eigenvalue weighted by atomic mass is 32.2. The Balaban J connectivity index is 1.35. The maximum Gasteiger partial charge on any atom is 0.306 e. The maximum atomic E-state index is 12.8. The summed E-state index contributed by atoms with van der Waals surface area (Å²) in [5, 5.41) is 5.43. The monoisotopic (exact) mass is 532 g/mol. The zero-order chi connectivity index (χ0) is 26.0. The smallest absolute Gasteiger partial charge is 0.306 e. The van der Waals surface area contributed by atoms with Gasteiger partial charge in [0.1, 0.15) is 0 Å². The van der Waals surface area contributed by atoms with Gasteiger partial charge in [-0.2, -0.15) is 4.31 Å². The van der Waals surface area contributed by atoms with Crippen molar-refractivity contribution in [2.45, 2.75) is 30.6 Å². The molecule has 1 aliphatic heterocycles. The van der Waals surface area contributed by atoms with Gasteiger partial charge in [-0.3, -0.25) is 9.59 Å². The average molecular weight is 533 g/mol. The number of likely N-dealkylation sites (N-methyl/N-ethyl adjacent to an activating group) is 1. The number of benzene rings is 2. The van der Waals surface area contributed by atoms with E-state index in [1.54, 1.807) is 12.1 Å². The number of thiocarbonyl (C=S) groups is 1. The molecule has 2 aromatic carbocycles. The molecule has 0 bridgehead atoms. The second-order valence-corrected chi connectivity index (χ2v) is 10.9. The van der Waals surface area contributed by atoms with Crippen LogP contribution < -0.4 is 10.6 Å². The molecule has 1 saturated heterocycles. The molecule has 2 aromatic rings. The molecule has 194 valence electrons. The molecule has 0 saturated carbocycles. The summed E-state index contributed by atoms with van der Waals surface area (Å²) in [6.45, 7) is 2.60. The van der Waals surface area contributed by atoms with Crippen LogP contribution in [0, 0.1) is 0 Å². The third-order valence-electron chi connectivity index (χ3n) is 5.74. The second kappa shape index (κ2) is 13.4. The Bertz CT molecular complexity index is 1130. The number of piperazine rings is 1. The highest BCUT2D eigenvalue weighted by molar-refractivity contribution is 7.89. The zero-order valence-corrected chi connectivity index (χ0v) is 21.9. The summed E-state index contributed by atoms with van der Waals surface area (Å²) >= 11 is 5.15. The Labute approximate surface area is 217 Å². The van der Waals surface area contributed by atoms with E-state index in [0.29, 0.717) is 44.9 Å². The molecule has 1 fully saturated rings. The molecule has 1 heterocycles. The van der Waals surface area contributed by atoms with Crippen molar-refractivity contribution >= 4 is 44.9 Å². The van der Waals surface area contributed by atoms with E-state index in [9.17, 15) is 18.0 Å². The van der Waals surface area contributed by atoms with Crippen LogP contribution in [-0.2, 0) is 30.8 Å². The van der Waals surface area contributed by atoms with E-state index < -0.39 is 21.9 Å². The molecule has 36 heavy (non-hydrogen) atoms. The lowest BCUT2D eigenvalue weighted by Crippen LogP contribution is -2.46. The maximum absolute atomic E-state index is 12.8. The molecule has 3 rings (SSSR count). The van der Waals surface area contributed by atoms with E-state index in [-0.39, 0.29) is 22.8 Å². The van der Waals surface area contributed by atoms with Gasteiger partial charge in [-0.25, -0.2) is 8.42 Å². The van der Waals surface area contributed by atoms with Crippen molar-refractivity contribution in [3.8, 4) is 0 Å². The number of nitrogens with zero attached hydrogens (tertiary/aromatic N) is 2. The first-order chi connectivity index (χ1) is 17.2. The summed E-state index contributed by atoms with van der Waals surface area (Å²) in [6.07, 6.45) is 1.43. The minimum atomic E-state index is -3.56. The van der Waals surface area contributed by atoms with E-state index in [0.717, 1.165) is 6.42 Å². The number of esters is 1. The molecule has 9 nitrogen and oxygen atoms in total. The predicted molar refractivity (Wildman–Crippen MR) is 142 cm³/mol. The molecule has 0 radical (unpaired) electrons. The number of amides is 1. The fourth-order valence-corrected chi connectivity index (χ4v) is 5.29. The Kier molecular flexibility index (Phi) is 10.4. The van der Waals surface area contributed by atoms with Gasteiger partial charge in [0.2, 0.25) is 15.9 Å². The molecular weight excluding hydrogens is 500 g/mol. The summed E-state index contributed by atoms with van der Waals surface area (Å²) in [5.41, 5.74) is 1.72. The lowest BCUT2D eigenvalue weighted by molar-refractivity contribution is -0.145. The van der Waals surface area contributed by atoms with Gasteiger partial charge in [-0.05, 0) is 61.9 Å². The molecule has 0 atom stereocenters. The third kappa shape index (κ3) is 8.66. The third-order valence-corrected chi connectivity index (χ3v) is 7.85. The first-order valence-corrected chi connectivity index (χ1v) is 13.7. The van der Waals surface area contributed by atoms with E-state index >= 15 is 0 Å². The average Bonchev–Trinajstić information content (AvgIpc) is 2.86. The largest absolute Gasteiger partial charge is 0.466 e. The number of aryl methyl sites for hydroxylation is 1. The number of anilines is 1. The Morgan fingerprint density at radius 3 is 2.31 bits per heavy atom. The van der Waals surface area contributed by atoms with E-state index in [4.69, 9.17) is 17.0 Å². The molecule has 11 heteroatoms. The highest BCUT2D eigenvalue weighted by Gasteiger charge is 2.27. The predicted octanol–water partition coefficient (Wildman–Crippen LogP) is 2.39. The van der Waals surface area contributed by atoms with Crippen LogP contribution in [0.4, 0.5) is 5.69 Å². The number of hydrogen-bond donors (Lipinski definition) is 2. The lowest BCUT2D eigenvalue weighted by atomic mass is 10.1. The molecule has 0 aromatic heterocycles. The van der Waals surface area contributed by atoms with Gasteiger partial charge in [-0.15, -0.1) is 0 Å². The molecule has 2 N–H and O–H groups in total. The van der Waals surface area contributed by atoms with Crippen LogP contribution in [0.25, 0.3) is 0 Å². The summed E-state index contributed by atoms with van der Waals surface area (Å²) < 4.78 is 32.3. The number of nitrogens with one attached hydrogen (secondary N) is 2. The summed E-state index contributed by atoms with van der Waals surface area (Å²) in [7, 11) is -1.59. The van der Waals surface area contributed by atoms with E-state index in [1.807, 2.05) is 37.4 Å². The van der Waals surface area contributed by atoms with Gasteiger partial charge < -0.3 is 20.3 Å². The summed E-state index contributed by atoms with van der Waals surface area (Å²) in [6, 6.07) is 16.1. The fraction of sp³-hybridized carbons (Fsp3) is 0.400. The number of sulfonamides is 1. The van der Waals surface area contributed by atoms with Gasteiger partial charge in [0.15, 0.2) is 5.11 Å². The number of carbonyl (C=O) groups is 2. The van der Waals surface area contributed by atoms with Crippen molar-refractivity contribution in [2.24, 2.45) is 0 Å². The molecule has 0 unspecified atom stereocenters. The van der Waals surface area contributed by atoms with E-state index in [1.165, 1.54) is 22.0 Å². The summed E-state index contributed by atoms with van der Waals surface area (Å²) in [5.74, 6) is -0.850. The molecular formula is C25H32N4O5S2. The van der Waals surface area contributed by atoms with Crippen molar-refractivity contribution in [1.29, 1.82) is 0 Å². The highest BCUT2D eigenvalue weighted by Crippen LogP contribution is 2.19. The number of ether oxygens (including phenoxy) is 1. The Morgan fingerprint density at radius 2 is 1.64 bits per heavy atom. The van der Waals surface area contributed by atoms with E-state index in [2.05, 4.69) is 15.5 Å². The second-order valence-electron chi connectivity index (χ2n) is 8.54. The zero-order valence-electron chi connectivity index (χ0n) is 20.3. The van der Waals surface area contributed by atoms with Crippen LogP contribution in [0.15, 0.2) is 59.5 Å². The van der Waals surface area contributed by atoms with Crippen LogP contribution in [0.1, 0.15) is 24.8 Å². The van der Waals surface area contributed by atoms with Crippen molar-refractivity contribution in [2.75, 3.05) is 45.2 Å². The first-order valence-electron chi connectivity index (χ1n) is 11.8. The van der Waals surface area contributed by atoms with Gasteiger partial charge >= 0.3 is 5.97 Å². The van der Waals surface area contributed by atoms with Gasteiger partial charge in [0.25, 0.3) is 0 Å². The fourth-order valence-electron chi connectivity index (χ4n) is 3.63. The minimum absolute atomic E-state index is 0.0430. The SMILES string of the molecule is CN1CCN(S(=O)(=O)c2ccc(NC(=S)NC(=O)CCC(=O)OCCCc3ccccc3)cc2)CC1. The van der Waals surface area contributed by atoms with Crippen LogP contribution >= 0.6 is 12.2 Å². The first kappa shape index (κ1) is 27.7. The Hall–Kier alpha value is -2.86. The standard InChI is InChI=1S/C25H32N4O5S2/c1-28-15-17-29(18-16-28)36(32,33)22-11-9-21(10-12-22)26-25(35)27-23(30)13-14-24(31)34-19-5-8-20-6-3-2-4-7-20/h2-4,6-7,9-12H,5,8,13-19H2,1H3,(H2,26,27,30,35). The van der Waals surface area contributed by atoms with Crippen molar-refractivity contribution in [3.05, 3.63) is 60.2 Å². The van der Waals surface area contributed by atoms with Crippen LogP contribution in [0.5, 0.6) is 0 Å². The quantitative estimate of drug-likeness (QED) is 0.273. The van der Waals surface area contributed by atoms with Crippen molar-refractivity contribution < 1.29 is 22.7 Å². The van der Waals surface area contributed by atoms with Crippen LogP contribution in [-0.4, -0.2) is 74.4 Å². The summed E-state index contributed by atoms with van der Waals surface area (Å²) in [4.78, 5) is 26.3. The number of rotatable bonds is 10. The van der Waals surface area contributed by atoms with Crippen molar-refractivity contribution in [1.82, 2.24) is 14.5 Å². The minimum Gasteiger partial charge on any atom is -0.466 e. The van der Waals surface area contributed by atoms with Crippen LogP contribution in [0.3, 0.4) is 0 Å². The molecule has 0 spiro atoms. The van der Waals surface area contributed by atoms with Gasteiger partial charge in [0.05, 0.1) is 17.9 Å². The number of carbonyl (C=O) groups excluding carboxylic acids is 2. The van der Waals surface area contributed by atoms with Crippen LogP contribution in [0.2, 0.25) is 0 Å².